The molecule has 1 aliphatic rings. The fraction of sp³-hybridized carbons (Fsp3) is 0.481. The summed E-state index contributed by atoms with van der Waals surface area (Å²) in [6, 6.07) is 4.22. The number of allylic oxidation sites excluding steroid dienone is 5. The fourth-order valence-electron chi connectivity index (χ4n) is 3.72. The van der Waals surface area contributed by atoms with Gasteiger partial charge < -0.3 is 9.72 Å². The van der Waals surface area contributed by atoms with Gasteiger partial charge in [0.05, 0.1) is 21.0 Å². The van der Waals surface area contributed by atoms with E-state index in [1.807, 2.05) is 44.3 Å². The maximum absolute atomic E-state index is 13.1. The highest BCUT2D eigenvalue weighted by Crippen LogP contribution is 2.35. The molecule has 0 unspecified atom stereocenters. The van der Waals surface area contributed by atoms with E-state index >= 15 is 0 Å². The van der Waals surface area contributed by atoms with Crippen LogP contribution in [0.2, 0.25) is 0 Å². The monoisotopic (exact) mass is 446 g/mol. The molecule has 1 aromatic heterocycles. The molecule has 178 valence electrons. The van der Waals surface area contributed by atoms with E-state index in [4.69, 9.17) is 4.74 Å². The van der Waals surface area contributed by atoms with E-state index in [-0.39, 0.29) is 12.1 Å². The molecule has 2 heterocycles. The van der Waals surface area contributed by atoms with Gasteiger partial charge in [0.2, 0.25) is 0 Å². The second-order valence-corrected chi connectivity index (χ2v) is 8.59. The van der Waals surface area contributed by atoms with Crippen LogP contribution in [0, 0.1) is 12.3 Å². The second kappa shape index (κ2) is 13.9. The average molecular weight is 447 g/mol. The summed E-state index contributed by atoms with van der Waals surface area (Å²) in [5, 5.41) is 1.23. The third-order valence-corrected chi connectivity index (χ3v) is 5.78. The molecule has 0 bridgehead atoms. The van der Waals surface area contributed by atoms with Gasteiger partial charge in [-0.3, -0.25) is 13.7 Å². The minimum Gasteiger partial charge on any atom is -0.496 e. The number of aromatic amines is 1. The standard InChI is InChI=1S/C18H25FN2O.C8H12.CH3F/c1-13-10-16(22-3)15(14-4-7-20-17(13)14)11-21-8-5-18(2,12-19)6-9-21;1-4-5-6-7-8(2)3;1-2/h4,7,10,20H,5-6,8-9,11-12H2,1-3H3;4-7H,2H2,1,3H3;1H3/b;5-4-,7-6-;. The summed E-state index contributed by atoms with van der Waals surface area (Å²) in [6.07, 6.45) is 11.7. The first-order valence-electron chi connectivity index (χ1n) is 11.1. The van der Waals surface area contributed by atoms with Crippen LogP contribution in [-0.4, -0.2) is 43.9 Å². The van der Waals surface area contributed by atoms with Crippen molar-refractivity contribution in [3.05, 3.63) is 65.9 Å². The molecule has 1 saturated heterocycles. The SMILES string of the molecule is C=C(C)/C=C\C=C/C.CF.COc1cc(C)c2[nH]ccc2c1CN1CCC(C)(CF)CC1. The summed E-state index contributed by atoms with van der Waals surface area (Å²) in [4.78, 5) is 5.73. The first kappa shape index (κ1) is 27.6. The minimum atomic E-state index is -0.212. The molecule has 1 aliphatic heterocycles. The van der Waals surface area contributed by atoms with E-state index in [1.54, 1.807) is 7.11 Å². The molecule has 3 nitrogen and oxygen atoms in total. The Balaban J connectivity index is 0.000000436. The van der Waals surface area contributed by atoms with Crippen LogP contribution in [0.3, 0.4) is 0 Å². The molecule has 0 aliphatic carbocycles. The lowest BCUT2D eigenvalue weighted by molar-refractivity contribution is 0.0887. The van der Waals surface area contributed by atoms with Crippen molar-refractivity contribution in [1.29, 1.82) is 0 Å². The Bertz CT molecular complexity index is 890. The van der Waals surface area contributed by atoms with Crippen molar-refractivity contribution in [3.63, 3.8) is 0 Å². The fourth-order valence-corrected chi connectivity index (χ4v) is 3.72. The van der Waals surface area contributed by atoms with Crippen molar-refractivity contribution < 1.29 is 13.5 Å². The van der Waals surface area contributed by atoms with Gasteiger partial charge in [0.15, 0.2) is 0 Å². The number of piperidine rings is 1. The normalized spacial score (nSPS) is 15.9. The molecule has 0 saturated carbocycles. The smallest absolute Gasteiger partial charge is 0.124 e. The number of methoxy groups -OCH3 is 1. The third kappa shape index (κ3) is 7.94. The van der Waals surface area contributed by atoms with Crippen molar-refractivity contribution >= 4 is 10.9 Å². The van der Waals surface area contributed by atoms with E-state index in [1.165, 1.54) is 22.0 Å². The molecule has 1 N–H and O–H groups in total. The Labute approximate surface area is 192 Å². The van der Waals surface area contributed by atoms with Crippen LogP contribution in [0.1, 0.15) is 44.7 Å². The Kier molecular flexibility index (Phi) is 12.0. The van der Waals surface area contributed by atoms with Crippen LogP contribution >= 0.6 is 0 Å². The molecule has 0 amide bonds. The average Bonchev–Trinajstić information content (AvgIpc) is 3.29. The zero-order valence-electron chi connectivity index (χ0n) is 20.6. The highest BCUT2D eigenvalue weighted by atomic mass is 19.1. The van der Waals surface area contributed by atoms with Crippen LogP contribution in [-0.2, 0) is 6.54 Å². The number of aromatic nitrogens is 1. The van der Waals surface area contributed by atoms with Gasteiger partial charge in [-0.25, -0.2) is 0 Å². The topological polar surface area (TPSA) is 28.3 Å². The van der Waals surface area contributed by atoms with Crippen LogP contribution in [0.4, 0.5) is 8.78 Å². The van der Waals surface area contributed by atoms with E-state index in [2.05, 4.69) is 42.4 Å². The molecule has 0 atom stereocenters. The molecule has 5 heteroatoms. The van der Waals surface area contributed by atoms with E-state index in [0.29, 0.717) is 7.18 Å². The van der Waals surface area contributed by atoms with Crippen molar-refractivity contribution in [2.24, 2.45) is 5.41 Å². The molecule has 2 aromatic rings. The number of aryl methyl sites for hydroxylation is 1. The second-order valence-electron chi connectivity index (χ2n) is 8.59. The van der Waals surface area contributed by atoms with Gasteiger partial charge in [-0.05, 0) is 69.8 Å². The lowest BCUT2D eigenvalue weighted by Crippen LogP contribution is -2.39. The summed E-state index contributed by atoms with van der Waals surface area (Å²) < 4.78 is 28.2. The summed E-state index contributed by atoms with van der Waals surface area (Å²) >= 11 is 0. The van der Waals surface area contributed by atoms with Crippen LogP contribution in [0.25, 0.3) is 10.9 Å². The van der Waals surface area contributed by atoms with Crippen LogP contribution in [0.5, 0.6) is 5.75 Å². The first-order chi connectivity index (χ1) is 15.3. The first-order valence-corrected chi connectivity index (χ1v) is 11.1. The highest BCUT2D eigenvalue weighted by Gasteiger charge is 2.30. The summed E-state index contributed by atoms with van der Waals surface area (Å²) in [5.74, 6) is 0.948. The lowest BCUT2D eigenvalue weighted by Gasteiger charge is -2.37. The molecule has 1 aromatic carbocycles. The summed E-state index contributed by atoms with van der Waals surface area (Å²) in [6.45, 7) is 14.4. The summed E-state index contributed by atoms with van der Waals surface area (Å²) in [5.41, 5.74) is 4.57. The molecule has 32 heavy (non-hydrogen) atoms. The zero-order chi connectivity index (χ0) is 24.1. The molecule has 3 rings (SSSR count). The number of nitrogens with one attached hydrogen (secondary N) is 1. The van der Waals surface area contributed by atoms with Crippen LogP contribution < -0.4 is 4.74 Å². The number of nitrogens with zero attached hydrogens (tertiary/aromatic N) is 1. The number of benzene rings is 1. The Morgan fingerprint density at radius 1 is 1.28 bits per heavy atom. The maximum atomic E-state index is 13.1. The minimum absolute atomic E-state index is 0.128. The molecule has 0 spiro atoms. The number of alkyl halides is 2. The Hall–Kier alpha value is -2.40. The number of likely N-dealkylation sites (tertiary alicyclic amines) is 1. The predicted molar refractivity (Wildman–Crippen MR) is 134 cm³/mol. The molecular weight excluding hydrogens is 406 g/mol. The molecule has 1 fully saturated rings. The number of fused-ring (bicyclic) bond motifs is 1. The number of ether oxygens (including phenoxy) is 1. The number of rotatable bonds is 6. The molecular formula is C27H40F2N2O. The van der Waals surface area contributed by atoms with Crippen molar-refractivity contribution in [3.8, 4) is 5.75 Å². The maximum Gasteiger partial charge on any atom is 0.124 e. The van der Waals surface area contributed by atoms with Crippen molar-refractivity contribution in [2.45, 2.75) is 47.1 Å². The molecule has 0 radical (unpaired) electrons. The van der Waals surface area contributed by atoms with E-state index in [9.17, 15) is 8.78 Å². The lowest BCUT2D eigenvalue weighted by atomic mass is 9.81. The Morgan fingerprint density at radius 2 is 1.94 bits per heavy atom. The van der Waals surface area contributed by atoms with Crippen molar-refractivity contribution in [2.75, 3.05) is 34.1 Å². The van der Waals surface area contributed by atoms with E-state index in [0.717, 1.165) is 43.8 Å². The van der Waals surface area contributed by atoms with Gasteiger partial charge in [0, 0.05) is 29.2 Å². The predicted octanol–water partition coefficient (Wildman–Crippen LogP) is 7.34. The number of H-pyrrole nitrogens is 1. The van der Waals surface area contributed by atoms with Gasteiger partial charge in [-0.1, -0.05) is 43.4 Å². The zero-order valence-corrected chi connectivity index (χ0v) is 20.6. The van der Waals surface area contributed by atoms with Gasteiger partial charge in [-0.2, -0.15) is 0 Å². The third-order valence-electron chi connectivity index (χ3n) is 5.78. The largest absolute Gasteiger partial charge is 0.496 e. The number of hydrogen-bond donors (Lipinski definition) is 1. The Morgan fingerprint density at radius 3 is 2.47 bits per heavy atom. The number of halogens is 2. The van der Waals surface area contributed by atoms with Crippen LogP contribution in [0.15, 0.2) is 54.8 Å². The number of hydrogen-bond acceptors (Lipinski definition) is 2. The van der Waals surface area contributed by atoms with Gasteiger partial charge in [-0.15, -0.1) is 0 Å². The highest BCUT2D eigenvalue weighted by molar-refractivity contribution is 5.88. The summed E-state index contributed by atoms with van der Waals surface area (Å²) in [7, 11) is 2.23. The van der Waals surface area contributed by atoms with Gasteiger partial charge in [0.25, 0.3) is 0 Å². The van der Waals surface area contributed by atoms with E-state index < -0.39 is 0 Å². The quantitative estimate of drug-likeness (QED) is 0.470. The van der Waals surface area contributed by atoms with Gasteiger partial charge in [0.1, 0.15) is 5.75 Å². The van der Waals surface area contributed by atoms with Crippen molar-refractivity contribution in [1.82, 2.24) is 9.88 Å². The van der Waals surface area contributed by atoms with Gasteiger partial charge >= 0.3 is 0 Å².